The van der Waals surface area contributed by atoms with Crippen molar-refractivity contribution in [1.29, 1.82) is 0 Å². The van der Waals surface area contributed by atoms with Gasteiger partial charge in [0.05, 0.1) is 11.3 Å². The number of hydrogen-bond donors (Lipinski definition) is 3. The van der Waals surface area contributed by atoms with E-state index >= 15 is 0 Å². The molecule has 0 bridgehead atoms. The average Bonchev–Trinajstić information content (AvgIpc) is 3.00. The second kappa shape index (κ2) is 12.8. The highest BCUT2D eigenvalue weighted by atomic mass is 16.1. The Kier molecular flexibility index (Phi) is 8.36. The van der Waals surface area contributed by atoms with Gasteiger partial charge in [-0.15, -0.1) is 0 Å². The lowest BCUT2D eigenvalue weighted by Crippen LogP contribution is -2.39. The van der Waals surface area contributed by atoms with Crippen molar-refractivity contribution in [2.75, 3.05) is 10.6 Å². The standard InChI is InChI=1S/C34H35N7O/c1-23-8-13-27(14-9-23)38-32-30(31-7-2-3-19-36-31)22-37-34(41-32)40-28-15-10-24(11-16-28)12-17-29-21-25(18-20-35-29)33(42)39-26-5-4-6-26/h2-3,7,10-11,15-16,18-23,26-27H,4-6,8-9,13-14H2,1H3,(H,39,42)(H2,37,38,40,41). The molecule has 42 heavy (non-hydrogen) atoms. The maximum absolute atomic E-state index is 12.5. The second-order valence-electron chi connectivity index (χ2n) is 11.3. The first-order valence-corrected chi connectivity index (χ1v) is 14.8. The van der Waals surface area contributed by atoms with Gasteiger partial charge in [-0.05, 0) is 105 Å². The van der Waals surface area contributed by atoms with Crippen LogP contribution >= 0.6 is 0 Å². The van der Waals surface area contributed by atoms with Crippen molar-refractivity contribution in [2.24, 2.45) is 5.92 Å². The predicted molar refractivity (Wildman–Crippen MR) is 165 cm³/mol. The van der Waals surface area contributed by atoms with E-state index in [1.165, 1.54) is 19.3 Å². The van der Waals surface area contributed by atoms with Crippen LogP contribution in [-0.4, -0.2) is 37.9 Å². The summed E-state index contributed by atoms with van der Waals surface area (Å²) in [5, 5.41) is 10.1. The normalized spacial score (nSPS) is 18.2. The van der Waals surface area contributed by atoms with E-state index in [1.54, 1.807) is 24.5 Å². The first kappa shape index (κ1) is 27.4. The molecular weight excluding hydrogens is 522 g/mol. The van der Waals surface area contributed by atoms with Gasteiger partial charge in [-0.25, -0.2) is 9.97 Å². The van der Waals surface area contributed by atoms with Gasteiger partial charge < -0.3 is 16.0 Å². The molecule has 2 aliphatic rings. The molecule has 4 aromatic rings. The van der Waals surface area contributed by atoms with Crippen molar-refractivity contribution in [1.82, 2.24) is 25.3 Å². The van der Waals surface area contributed by atoms with E-state index in [-0.39, 0.29) is 5.91 Å². The number of anilines is 3. The highest BCUT2D eigenvalue weighted by molar-refractivity contribution is 5.94. The van der Waals surface area contributed by atoms with Gasteiger partial charge in [0.2, 0.25) is 5.95 Å². The van der Waals surface area contributed by atoms with E-state index in [0.717, 1.165) is 59.9 Å². The lowest BCUT2D eigenvalue weighted by Gasteiger charge is -2.28. The van der Waals surface area contributed by atoms with Crippen LogP contribution in [0.2, 0.25) is 0 Å². The van der Waals surface area contributed by atoms with Crippen molar-refractivity contribution >= 4 is 23.4 Å². The van der Waals surface area contributed by atoms with Crippen LogP contribution in [0, 0.1) is 17.8 Å². The van der Waals surface area contributed by atoms with Gasteiger partial charge >= 0.3 is 0 Å². The van der Waals surface area contributed by atoms with Gasteiger partial charge in [0, 0.05) is 47.5 Å². The summed E-state index contributed by atoms with van der Waals surface area (Å²) in [7, 11) is 0. The topological polar surface area (TPSA) is 105 Å². The SMILES string of the molecule is CC1CCC(Nc2nc(Nc3ccc(C#Cc4cc(C(=O)NC5CCC5)ccn4)cc3)ncc2-c2ccccn2)CC1. The van der Waals surface area contributed by atoms with E-state index < -0.39 is 0 Å². The summed E-state index contributed by atoms with van der Waals surface area (Å²) in [5.74, 6) is 8.24. The Morgan fingerprint density at radius 3 is 2.43 bits per heavy atom. The Morgan fingerprint density at radius 1 is 0.857 bits per heavy atom. The summed E-state index contributed by atoms with van der Waals surface area (Å²) in [5.41, 5.74) is 4.58. The summed E-state index contributed by atoms with van der Waals surface area (Å²) >= 11 is 0. The molecule has 6 rings (SSSR count). The molecule has 2 saturated carbocycles. The molecule has 3 N–H and O–H groups in total. The minimum Gasteiger partial charge on any atom is -0.367 e. The van der Waals surface area contributed by atoms with E-state index in [1.807, 2.05) is 48.7 Å². The number of benzene rings is 1. The molecule has 1 aromatic carbocycles. The number of carbonyl (C=O) groups excluding carboxylic acids is 1. The molecule has 3 heterocycles. The number of nitrogens with one attached hydrogen (secondary N) is 3. The third-order valence-electron chi connectivity index (χ3n) is 8.02. The highest BCUT2D eigenvalue weighted by Gasteiger charge is 2.21. The number of amides is 1. The number of nitrogens with zero attached hydrogens (tertiary/aromatic N) is 4. The van der Waals surface area contributed by atoms with Crippen LogP contribution in [0.3, 0.4) is 0 Å². The second-order valence-corrected chi connectivity index (χ2v) is 11.3. The molecule has 2 fully saturated rings. The molecule has 0 spiro atoms. The van der Waals surface area contributed by atoms with Crippen molar-refractivity contribution in [2.45, 2.75) is 64.0 Å². The van der Waals surface area contributed by atoms with Crippen molar-refractivity contribution in [3.05, 3.63) is 90.0 Å². The van der Waals surface area contributed by atoms with Crippen molar-refractivity contribution < 1.29 is 4.79 Å². The first-order valence-electron chi connectivity index (χ1n) is 14.8. The molecule has 1 amide bonds. The fraction of sp³-hybridized carbons (Fsp3) is 0.324. The van der Waals surface area contributed by atoms with Gasteiger partial charge in [-0.1, -0.05) is 18.9 Å². The van der Waals surface area contributed by atoms with Crippen LogP contribution in [0.15, 0.2) is 73.2 Å². The Labute approximate surface area is 246 Å². The fourth-order valence-corrected chi connectivity index (χ4v) is 5.22. The largest absolute Gasteiger partial charge is 0.367 e. The molecule has 0 unspecified atom stereocenters. The molecule has 0 aliphatic heterocycles. The van der Waals surface area contributed by atoms with E-state index in [9.17, 15) is 4.79 Å². The third kappa shape index (κ3) is 6.92. The number of aromatic nitrogens is 4. The summed E-state index contributed by atoms with van der Waals surface area (Å²) in [6.07, 6.45) is 13.2. The maximum Gasteiger partial charge on any atom is 0.251 e. The molecule has 2 aliphatic carbocycles. The number of pyridine rings is 2. The zero-order valence-electron chi connectivity index (χ0n) is 23.8. The van der Waals surface area contributed by atoms with Gasteiger partial charge in [-0.2, -0.15) is 4.98 Å². The highest BCUT2D eigenvalue weighted by Crippen LogP contribution is 2.30. The Bertz CT molecular complexity index is 1580. The van der Waals surface area contributed by atoms with Gasteiger partial charge in [0.25, 0.3) is 5.91 Å². The number of carbonyl (C=O) groups is 1. The number of hydrogen-bond acceptors (Lipinski definition) is 7. The minimum atomic E-state index is -0.0671. The Morgan fingerprint density at radius 2 is 1.69 bits per heavy atom. The van der Waals surface area contributed by atoms with Crippen molar-refractivity contribution in [3.8, 4) is 23.1 Å². The molecule has 3 aromatic heterocycles. The Hall–Kier alpha value is -4.77. The molecule has 8 nitrogen and oxygen atoms in total. The average molecular weight is 558 g/mol. The van der Waals surface area contributed by atoms with Crippen LogP contribution < -0.4 is 16.0 Å². The monoisotopic (exact) mass is 557 g/mol. The third-order valence-corrected chi connectivity index (χ3v) is 8.02. The minimum absolute atomic E-state index is 0.0671. The van der Waals surface area contributed by atoms with Gasteiger partial charge in [0.1, 0.15) is 11.5 Å². The lowest BCUT2D eigenvalue weighted by molar-refractivity contribution is 0.0917. The Balaban J connectivity index is 1.14. The van der Waals surface area contributed by atoms with Crippen LogP contribution in [0.4, 0.5) is 17.5 Å². The van der Waals surface area contributed by atoms with Crippen LogP contribution in [-0.2, 0) is 0 Å². The summed E-state index contributed by atoms with van der Waals surface area (Å²) < 4.78 is 0. The molecule has 212 valence electrons. The molecular formula is C34H35N7O. The van der Waals surface area contributed by atoms with Crippen LogP contribution in [0.5, 0.6) is 0 Å². The molecule has 0 radical (unpaired) electrons. The van der Waals surface area contributed by atoms with Crippen LogP contribution in [0.1, 0.15) is 73.5 Å². The fourth-order valence-electron chi connectivity index (χ4n) is 5.22. The van der Waals surface area contributed by atoms with Gasteiger partial charge in [-0.3, -0.25) is 9.78 Å². The van der Waals surface area contributed by atoms with Crippen molar-refractivity contribution in [3.63, 3.8) is 0 Å². The summed E-state index contributed by atoms with van der Waals surface area (Å²) in [6, 6.07) is 17.8. The van der Waals surface area contributed by atoms with Crippen LogP contribution in [0.25, 0.3) is 11.3 Å². The number of rotatable bonds is 7. The zero-order valence-corrected chi connectivity index (χ0v) is 23.8. The summed E-state index contributed by atoms with van der Waals surface area (Å²) in [4.78, 5) is 30.8. The predicted octanol–water partition coefficient (Wildman–Crippen LogP) is 6.35. The summed E-state index contributed by atoms with van der Waals surface area (Å²) in [6.45, 7) is 2.32. The molecule has 0 saturated heterocycles. The van der Waals surface area contributed by atoms with E-state index in [2.05, 4.69) is 49.7 Å². The van der Waals surface area contributed by atoms with Gasteiger partial charge in [0.15, 0.2) is 0 Å². The zero-order chi connectivity index (χ0) is 28.7. The molecule has 8 heteroatoms. The maximum atomic E-state index is 12.5. The first-order chi connectivity index (χ1) is 20.6. The smallest absolute Gasteiger partial charge is 0.251 e. The molecule has 0 atom stereocenters. The lowest BCUT2D eigenvalue weighted by atomic mass is 9.87. The van der Waals surface area contributed by atoms with E-state index in [4.69, 9.17) is 4.98 Å². The quantitative estimate of drug-likeness (QED) is 0.227. The van der Waals surface area contributed by atoms with E-state index in [0.29, 0.717) is 29.3 Å².